The van der Waals surface area contributed by atoms with Gasteiger partial charge in [-0.25, -0.2) is 9.59 Å². The molecular weight excluding hydrogens is 328 g/mol. The van der Waals surface area contributed by atoms with Crippen molar-refractivity contribution in [3.63, 3.8) is 0 Å². The molecule has 9 rings (SSSR count). The van der Waals surface area contributed by atoms with Crippen LogP contribution in [0, 0.1) is 47.3 Å². The summed E-state index contributed by atoms with van der Waals surface area (Å²) in [5, 5.41) is 0. The Labute approximate surface area is 155 Å². The molecule has 8 atom stereocenters. The minimum atomic E-state index is -0.271. The molecule has 0 spiro atoms. The van der Waals surface area contributed by atoms with Crippen LogP contribution in [0.4, 0.5) is 0 Å². The molecule has 1 unspecified atom stereocenters. The molecule has 0 amide bonds. The summed E-state index contributed by atoms with van der Waals surface area (Å²) in [6.45, 7) is 8.89. The zero-order valence-electron chi connectivity index (χ0n) is 16.1. The molecule has 5 saturated carbocycles. The number of carbonyl (C=O) groups excluding carboxylic acids is 2. The maximum absolute atomic E-state index is 12.9. The Balaban J connectivity index is 1.66. The highest BCUT2D eigenvalue weighted by Crippen LogP contribution is 2.84. The number of ether oxygens (including phenoxy) is 2. The molecule has 0 saturated heterocycles. The second kappa shape index (κ2) is 5.46. The third kappa shape index (κ3) is 1.59. The van der Waals surface area contributed by atoms with E-state index in [-0.39, 0.29) is 23.8 Å². The van der Waals surface area contributed by atoms with Gasteiger partial charge in [-0.2, -0.15) is 0 Å². The monoisotopic (exact) mass is 356 g/mol. The normalized spacial score (nSPS) is 43.2. The predicted molar refractivity (Wildman–Crippen MR) is 95.8 cm³/mol. The lowest BCUT2D eigenvalue weighted by atomic mass is 9.20. The first-order valence-electron chi connectivity index (χ1n) is 10.4. The fourth-order valence-electron chi connectivity index (χ4n) is 7.87. The Morgan fingerprint density at radius 1 is 0.654 bits per heavy atom. The Hall–Kier alpha value is -1.58. The number of allylic oxidation sites excluding steroid dienone is 2. The van der Waals surface area contributed by atoms with Gasteiger partial charge >= 0.3 is 11.9 Å². The van der Waals surface area contributed by atoms with Crippen molar-refractivity contribution in [1.82, 2.24) is 0 Å². The van der Waals surface area contributed by atoms with Gasteiger partial charge in [-0.05, 0) is 68.1 Å². The van der Waals surface area contributed by atoms with Crippen LogP contribution in [0.2, 0.25) is 0 Å². The van der Waals surface area contributed by atoms with Crippen LogP contribution >= 0.6 is 0 Å². The Morgan fingerprint density at radius 2 is 1.12 bits per heavy atom. The van der Waals surface area contributed by atoms with E-state index in [1.54, 1.807) is 11.1 Å². The van der Waals surface area contributed by atoms with Gasteiger partial charge in [0.15, 0.2) is 0 Å². The highest BCUT2D eigenvalue weighted by atomic mass is 16.5. The molecule has 8 bridgehead atoms. The first-order valence-corrected chi connectivity index (χ1v) is 10.4. The average molecular weight is 356 g/mol. The van der Waals surface area contributed by atoms with Crippen LogP contribution in [0.15, 0.2) is 22.3 Å². The summed E-state index contributed by atoms with van der Waals surface area (Å²) >= 11 is 0. The van der Waals surface area contributed by atoms with Gasteiger partial charge in [0.1, 0.15) is 0 Å². The molecule has 4 heteroatoms. The van der Waals surface area contributed by atoms with Gasteiger partial charge in [-0.15, -0.1) is 0 Å². The van der Waals surface area contributed by atoms with E-state index in [9.17, 15) is 9.59 Å². The van der Waals surface area contributed by atoms with Gasteiger partial charge in [-0.1, -0.05) is 25.0 Å². The third-order valence-corrected chi connectivity index (χ3v) is 8.13. The molecule has 9 aliphatic carbocycles. The minimum absolute atomic E-state index is 0.189. The molecule has 0 aromatic heterocycles. The summed E-state index contributed by atoms with van der Waals surface area (Å²) < 4.78 is 10.8. The van der Waals surface area contributed by atoms with Gasteiger partial charge in [0.05, 0.1) is 24.4 Å². The van der Waals surface area contributed by atoms with Crippen LogP contribution in [-0.4, -0.2) is 25.2 Å². The van der Waals surface area contributed by atoms with Crippen molar-refractivity contribution in [2.45, 2.75) is 40.5 Å². The number of hydrogen-bond acceptors (Lipinski definition) is 4. The van der Waals surface area contributed by atoms with Crippen LogP contribution in [0.3, 0.4) is 0 Å². The predicted octanol–water partition coefficient (Wildman–Crippen LogP) is 3.52. The Kier molecular flexibility index (Phi) is 3.48. The van der Waals surface area contributed by atoms with E-state index < -0.39 is 0 Å². The van der Waals surface area contributed by atoms with Crippen molar-refractivity contribution < 1.29 is 19.1 Å². The van der Waals surface area contributed by atoms with Crippen molar-refractivity contribution >= 4 is 11.9 Å². The molecule has 9 aliphatic rings. The topological polar surface area (TPSA) is 52.6 Å². The number of rotatable bonds is 6. The van der Waals surface area contributed by atoms with Crippen LogP contribution in [0.1, 0.15) is 40.5 Å². The summed E-state index contributed by atoms with van der Waals surface area (Å²) in [5.74, 6) is 3.47. The maximum atomic E-state index is 12.9. The third-order valence-electron chi connectivity index (χ3n) is 8.13. The molecule has 4 nitrogen and oxygen atoms in total. The van der Waals surface area contributed by atoms with Crippen molar-refractivity contribution in [3.05, 3.63) is 22.3 Å². The summed E-state index contributed by atoms with van der Waals surface area (Å²) in [4.78, 5) is 25.7. The van der Waals surface area contributed by atoms with Crippen LogP contribution in [0.25, 0.3) is 0 Å². The smallest absolute Gasteiger partial charge is 0.334 e. The molecule has 0 N–H and O–H groups in total. The minimum Gasteiger partial charge on any atom is -0.463 e. The fourth-order valence-corrected chi connectivity index (χ4v) is 7.87. The molecular formula is C22H28O4. The average Bonchev–Trinajstić information content (AvgIpc) is 2.61. The molecule has 0 heterocycles. The van der Waals surface area contributed by atoms with Crippen molar-refractivity contribution in [1.29, 1.82) is 0 Å². The van der Waals surface area contributed by atoms with E-state index in [0.29, 0.717) is 53.9 Å². The summed E-state index contributed by atoms with van der Waals surface area (Å²) in [6, 6.07) is 0. The zero-order chi connectivity index (χ0) is 18.3. The second-order valence-electron chi connectivity index (χ2n) is 8.44. The van der Waals surface area contributed by atoms with Crippen molar-refractivity contribution in [3.8, 4) is 0 Å². The van der Waals surface area contributed by atoms with E-state index in [1.807, 2.05) is 13.8 Å². The molecule has 0 aliphatic heterocycles. The quantitative estimate of drug-likeness (QED) is 0.540. The first kappa shape index (κ1) is 16.6. The summed E-state index contributed by atoms with van der Waals surface area (Å²) in [6.07, 6.45) is 2.20. The largest absolute Gasteiger partial charge is 0.463 e. The van der Waals surface area contributed by atoms with Gasteiger partial charge in [0.25, 0.3) is 0 Å². The fraction of sp³-hybridized carbons (Fsp3) is 0.727. The lowest BCUT2D eigenvalue weighted by Crippen LogP contribution is -2.80. The van der Waals surface area contributed by atoms with Crippen molar-refractivity contribution in [2.75, 3.05) is 13.2 Å². The molecule has 0 aromatic carbocycles. The van der Waals surface area contributed by atoms with E-state index in [1.165, 1.54) is 0 Å². The highest BCUT2D eigenvalue weighted by molar-refractivity contribution is 6.03. The van der Waals surface area contributed by atoms with Crippen LogP contribution < -0.4 is 0 Å². The van der Waals surface area contributed by atoms with Gasteiger partial charge in [0, 0.05) is 5.92 Å². The van der Waals surface area contributed by atoms with E-state index in [0.717, 1.165) is 18.8 Å². The van der Waals surface area contributed by atoms with Gasteiger partial charge < -0.3 is 9.47 Å². The second-order valence-corrected chi connectivity index (χ2v) is 8.44. The van der Waals surface area contributed by atoms with Crippen molar-refractivity contribution in [2.24, 2.45) is 47.3 Å². The van der Waals surface area contributed by atoms with E-state index in [4.69, 9.17) is 9.47 Å². The standard InChI is InChI=1S/C22H28O4/c1-5-9-10(6-2)12-14-13-11(9)15-16(12)19(21(23)25-7-3)20(18(14)17(13)15)22(24)26-8-4/h11-18H,5-8H2,1-4H3/t11-,12+,13-,14?,15+,16-,17+,18+/m1/s1. The molecule has 26 heavy (non-hydrogen) atoms. The SMILES string of the molecule is CCOC(=O)C1=C(C(=O)OCC)[C@H]2C3[C@H]4[C@H]5C(CC)=C(CC)[C@@H]3[C@@H]1[C@H]5[C@H]42. The van der Waals surface area contributed by atoms with E-state index >= 15 is 0 Å². The number of carbonyl (C=O) groups is 2. The van der Waals surface area contributed by atoms with Gasteiger partial charge in [-0.3, -0.25) is 0 Å². The molecule has 5 fully saturated rings. The maximum Gasteiger partial charge on any atom is 0.334 e. The Bertz CT molecular complexity index is 760. The molecule has 0 aromatic rings. The summed E-state index contributed by atoms with van der Waals surface area (Å²) in [5.41, 5.74) is 4.63. The first-order chi connectivity index (χ1) is 12.6. The zero-order valence-corrected chi connectivity index (χ0v) is 16.1. The van der Waals surface area contributed by atoms with Crippen LogP contribution in [-0.2, 0) is 19.1 Å². The van der Waals surface area contributed by atoms with Gasteiger partial charge in [0.2, 0.25) is 0 Å². The van der Waals surface area contributed by atoms with E-state index in [2.05, 4.69) is 13.8 Å². The van der Waals surface area contributed by atoms with Crippen LogP contribution in [0.5, 0.6) is 0 Å². The Morgan fingerprint density at radius 3 is 1.65 bits per heavy atom. The molecule has 0 radical (unpaired) electrons. The highest BCUT2D eigenvalue weighted by Gasteiger charge is 2.81. The molecule has 140 valence electrons. The number of hydrogen-bond donors (Lipinski definition) is 0. The lowest BCUT2D eigenvalue weighted by Gasteiger charge is -2.83. The number of esters is 2. The lowest BCUT2D eigenvalue weighted by molar-refractivity contribution is -0.290. The summed E-state index contributed by atoms with van der Waals surface area (Å²) in [7, 11) is 0.